The van der Waals surface area contributed by atoms with E-state index >= 15 is 0 Å². The lowest BCUT2D eigenvalue weighted by Gasteiger charge is -2.16. The molecule has 0 aliphatic heterocycles. The molecule has 208 valence electrons. The number of pyridine rings is 1. The van der Waals surface area contributed by atoms with Crippen LogP contribution in [-0.4, -0.2) is 23.4 Å². The third-order valence-corrected chi connectivity index (χ3v) is 7.13. The number of hydrogen-bond donors (Lipinski definition) is 1. The van der Waals surface area contributed by atoms with Crippen molar-refractivity contribution in [1.82, 2.24) is 4.57 Å². The molecule has 37 heavy (non-hydrogen) atoms. The summed E-state index contributed by atoms with van der Waals surface area (Å²) in [6, 6.07) is 9.24. The highest BCUT2D eigenvalue weighted by Gasteiger charge is 2.10. The van der Waals surface area contributed by atoms with Gasteiger partial charge in [-0.15, -0.1) is 0 Å². The lowest BCUT2D eigenvalue weighted by atomic mass is 10.0. The minimum absolute atomic E-state index is 0.184. The van der Waals surface area contributed by atoms with Gasteiger partial charge in [0.1, 0.15) is 5.75 Å². The summed E-state index contributed by atoms with van der Waals surface area (Å²) in [5, 5.41) is 9.74. The largest absolute Gasteiger partial charge is 0.496 e. The zero-order valence-corrected chi connectivity index (χ0v) is 23.5. The average molecular weight is 514 g/mol. The third-order valence-electron chi connectivity index (χ3n) is 7.13. The van der Waals surface area contributed by atoms with Crippen LogP contribution in [0.2, 0.25) is 0 Å². The molecular formula is C32H51NO4. The number of unbranched alkanes of at least 4 members (excludes halogenated alkanes) is 15. The van der Waals surface area contributed by atoms with Crippen molar-refractivity contribution in [2.45, 2.75) is 123 Å². The van der Waals surface area contributed by atoms with Crippen LogP contribution in [0.3, 0.4) is 0 Å². The van der Waals surface area contributed by atoms with Crippen molar-refractivity contribution in [2.75, 3.05) is 13.7 Å². The predicted molar refractivity (Wildman–Crippen MR) is 154 cm³/mol. The lowest BCUT2D eigenvalue weighted by molar-refractivity contribution is 0.266. The minimum atomic E-state index is -0.205. The first-order valence-corrected chi connectivity index (χ1v) is 14.8. The monoisotopic (exact) mass is 513 g/mol. The van der Waals surface area contributed by atoms with Crippen molar-refractivity contribution in [3.05, 3.63) is 58.0 Å². The number of methoxy groups -OCH3 is 1. The van der Waals surface area contributed by atoms with Crippen molar-refractivity contribution in [3.8, 4) is 11.5 Å². The first-order chi connectivity index (χ1) is 18.2. The second-order valence-electron chi connectivity index (χ2n) is 10.2. The second kappa shape index (κ2) is 19.8. The third kappa shape index (κ3) is 12.7. The molecule has 1 heterocycles. The van der Waals surface area contributed by atoms with Gasteiger partial charge in [0.05, 0.1) is 33.1 Å². The number of para-hydroxylation sites is 1. The molecule has 1 aromatic carbocycles. The Morgan fingerprint density at radius 3 is 1.84 bits per heavy atom. The summed E-state index contributed by atoms with van der Waals surface area (Å²) >= 11 is 0. The number of aliphatic hydroxyl groups is 1. The van der Waals surface area contributed by atoms with Gasteiger partial charge in [0.15, 0.2) is 5.75 Å². The van der Waals surface area contributed by atoms with Gasteiger partial charge in [-0.2, -0.15) is 0 Å². The Morgan fingerprint density at radius 2 is 1.30 bits per heavy atom. The Morgan fingerprint density at radius 1 is 0.757 bits per heavy atom. The van der Waals surface area contributed by atoms with Gasteiger partial charge in [0.25, 0.3) is 0 Å². The molecule has 1 N–H and O–H groups in total. The summed E-state index contributed by atoms with van der Waals surface area (Å²) in [5.74, 6) is 1.12. The molecule has 0 bridgehead atoms. The zero-order chi connectivity index (χ0) is 26.6. The maximum Gasteiger partial charge on any atom is 0.223 e. The van der Waals surface area contributed by atoms with Gasteiger partial charge in [-0.1, -0.05) is 121 Å². The van der Waals surface area contributed by atoms with E-state index in [2.05, 4.69) is 6.92 Å². The molecule has 2 rings (SSSR count). The molecule has 0 radical (unpaired) electrons. The van der Waals surface area contributed by atoms with Crippen LogP contribution in [0, 0.1) is 0 Å². The Hall–Kier alpha value is -2.27. The summed E-state index contributed by atoms with van der Waals surface area (Å²) in [7, 11) is 1.64. The lowest BCUT2D eigenvalue weighted by Crippen LogP contribution is -2.17. The maximum absolute atomic E-state index is 12.5. The van der Waals surface area contributed by atoms with E-state index in [4.69, 9.17) is 9.47 Å². The van der Waals surface area contributed by atoms with Gasteiger partial charge in [-0.25, -0.2) is 0 Å². The molecule has 0 atom stereocenters. The summed E-state index contributed by atoms with van der Waals surface area (Å²) in [6.45, 7) is 3.11. The van der Waals surface area contributed by atoms with Crippen molar-refractivity contribution < 1.29 is 14.6 Å². The average Bonchev–Trinajstić information content (AvgIpc) is 2.92. The van der Waals surface area contributed by atoms with E-state index in [9.17, 15) is 9.90 Å². The number of hydrogen-bond acceptors (Lipinski definition) is 4. The van der Waals surface area contributed by atoms with Gasteiger partial charge >= 0.3 is 0 Å². The summed E-state index contributed by atoms with van der Waals surface area (Å²) in [5.41, 5.74) is 1.36. The highest BCUT2D eigenvalue weighted by atomic mass is 16.5. The van der Waals surface area contributed by atoms with Crippen LogP contribution in [0.4, 0.5) is 0 Å². The van der Waals surface area contributed by atoms with Crippen molar-refractivity contribution in [1.29, 1.82) is 0 Å². The number of aromatic nitrogens is 1. The molecule has 2 aromatic rings. The number of benzene rings is 1. The van der Waals surface area contributed by atoms with Crippen LogP contribution >= 0.6 is 0 Å². The van der Waals surface area contributed by atoms with Crippen LogP contribution in [-0.2, 0) is 13.2 Å². The predicted octanol–water partition coefficient (Wildman–Crippen LogP) is 8.04. The molecule has 0 saturated heterocycles. The van der Waals surface area contributed by atoms with Gasteiger partial charge < -0.3 is 19.1 Å². The standard InChI is InChI=1S/C32H51NO4/c1-3-4-5-6-7-8-9-10-11-12-13-14-15-16-17-20-23-37-32-26-33(29(27-34)24-30(32)35)25-28-21-18-19-22-31(28)36-2/h18-19,21-22,24,26,34H,3-17,20,23,25,27H2,1-2H3. The van der Waals surface area contributed by atoms with Crippen molar-refractivity contribution >= 4 is 0 Å². The molecule has 0 unspecified atom stereocenters. The van der Waals surface area contributed by atoms with E-state index in [-0.39, 0.29) is 12.0 Å². The minimum Gasteiger partial charge on any atom is -0.496 e. The highest BCUT2D eigenvalue weighted by Crippen LogP contribution is 2.20. The van der Waals surface area contributed by atoms with Crippen LogP contribution < -0.4 is 14.9 Å². The fraction of sp³-hybridized carbons (Fsp3) is 0.656. The van der Waals surface area contributed by atoms with E-state index in [0.29, 0.717) is 24.6 Å². The first-order valence-electron chi connectivity index (χ1n) is 14.8. The SMILES string of the molecule is CCCCCCCCCCCCCCCCCCOc1cn(Cc2ccccc2OC)c(CO)cc1=O. The smallest absolute Gasteiger partial charge is 0.223 e. The van der Waals surface area contributed by atoms with Gasteiger partial charge in [0.2, 0.25) is 5.43 Å². The number of ether oxygens (including phenoxy) is 2. The normalized spacial score (nSPS) is 11.1. The molecule has 0 fully saturated rings. The Balaban J connectivity index is 1.57. The Labute approximate surface area is 225 Å². The van der Waals surface area contributed by atoms with E-state index in [1.54, 1.807) is 13.3 Å². The van der Waals surface area contributed by atoms with Crippen LogP contribution in [0.25, 0.3) is 0 Å². The van der Waals surface area contributed by atoms with Crippen molar-refractivity contribution in [2.24, 2.45) is 0 Å². The van der Waals surface area contributed by atoms with Crippen molar-refractivity contribution in [3.63, 3.8) is 0 Å². The topological polar surface area (TPSA) is 60.7 Å². The van der Waals surface area contributed by atoms with E-state index in [0.717, 1.165) is 24.2 Å². The van der Waals surface area contributed by atoms with E-state index in [1.165, 1.54) is 96.0 Å². The molecule has 5 heteroatoms. The van der Waals surface area contributed by atoms with Crippen LogP contribution in [0.1, 0.15) is 121 Å². The number of nitrogens with zero attached hydrogens (tertiary/aromatic N) is 1. The first kappa shape index (κ1) is 31.0. The molecule has 0 saturated carbocycles. The number of aliphatic hydroxyl groups excluding tert-OH is 1. The van der Waals surface area contributed by atoms with Gasteiger partial charge in [-0.3, -0.25) is 4.79 Å². The van der Waals surface area contributed by atoms with E-state index < -0.39 is 0 Å². The fourth-order valence-corrected chi connectivity index (χ4v) is 4.83. The quantitative estimate of drug-likeness (QED) is 0.162. The second-order valence-corrected chi connectivity index (χ2v) is 10.2. The summed E-state index contributed by atoms with van der Waals surface area (Å²) in [6.07, 6.45) is 23.0. The zero-order valence-electron chi connectivity index (χ0n) is 23.5. The summed E-state index contributed by atoms with van der Waals surface area (Å²) in [4.78, 5) is 12.5. The molecule has 0 aliphatic rings. The maximum atomic E-state index is 12.5. The molecule has 0 spiro atoms. The molecule has 0 aliphatic carbocycles. The number of rotatable bonds is 22. The molecule has 0 amide bonds. The molecule has 5 nitrogen and oxygen atoms in total. The molecular weight excluding hydrogens is 462 g/mol. The van der Waals surface area contributed by atoms with E-state index in [1.807, 2.05) is 28.8 Å². The van der Waals surface area contributed by atoms with Crippen LogP contribution in [0.15, 0.2) is 41.3 Å². The Kier molecular flexibility index (Phi) is 16.6. The Bertz CT molecular complexity index is 908. The fourth-order valence-electron chi connectivity index (χ4n) is 4.83. The summed E-state index contributed by atoms with van der Waals surface area (Å²) < 4.78 is 13.2. The highest BCUT2D eigenvalue weighted by molar-refractivity contribution is 5.34. The van der Waals surface area contributed by atoms with Gasteiger partial charge in [0, 0.05) is 17.3 Å². The van der Waals surface area contributed by atoms with Crippen LogP contribution in [0.5, 0.6) is 11.5 Å². The van der Waals surface area contributed by atoms with Gasteiger partial charge in [-0.05, 0) is 12.5 Å². The molecule has 1 aromatic heterocycles.